The number of amides is 1. The van der Waals surface area contributed by atoms with Gasteiger partial charge >= 0.3 is 0 Å². The topological polar surface area (TPSA) is 41.1 Å². The van der Waals surface area contributed by atoms with Crippen LogP contribution in [0.4, 0.5) is 5.69 Å². The first-order chi connectivity index (χ1) is 12.0. The Bertz CT molecular complexity index is 902. The number of carbonyl (C=O) groups is 1. The van der Waals surface area contributed by atoms with Gasteiger partial charge in [-0.25, -0.2) is 0 Å². The van der Waals surface area contributed by atoms with Crippen LogP contribution >= 0.6 is 15.9 Å². The first-order valence-electron chi connectivity index (χ1n) is 8.31. The van der Waals surface area contributed by atoms with Crippen LogP contribution in [0.2, 0.25) is 0 Å². The summed E-state index contributed by atoms with van der Waals surface area (Å²) in [6.07, 6.45) is 0. The molecule has 0 spiro atoms. The molecular formula is C21H21BrN2O. The van der Waals surface area contributed by atoms with Crippen molar-refractivity contribution in [1.29, 1.82) is 0 Å². The lowest BCUT2D eigenvalue weighted by Crippen LogP contribution is -2.30. The van der Waals surface area contributed by atoms with Crippen LogP contribution in [-0.4, -0.2) is 12.5 Å². The van der Waals surface area contributed by atoms with E-state index in [9.17, 15) is 4.79 Å². The van der Waals surface area contributed by atoms with E-state index in [0.29, 0.717) is 0 Å². The molecule has 3 nitrogen and oxygen atoms in total. The summed E-state index contributed by atoms with van der Waals surface area (Å²) >= 11 is 3.48. The van der Waals surface area contributed by atoms with E-state index in [1.54, 1.807) is 0 Å². The van der Waals surface area contributed by atoms with Gasteiger partial charge in [-0.1, -0.05) is 48.5 Å². The normalized spacial score (nSPS) is 12.1. The van der Waals surface area contributed by atoms with Gasteiger partial charge in [-0.2, -0.15) is 0 Å². The Kier molecular flexibility index (Phi) is 5.51. The Morgan fingerprint density at radius 2 is 1.84 bits per heavy atom. The molecule has 4 heteroatoms. The largest absolute Gasteiger partial charge is 0.324 e. The third-order valence-electron chi connectivity index (χ3n) is 4.26. The molecule has 0 radical (unpaired) electrons. The summed E-state index contributed by atoms with van der Waals surface area (Å²) in [5, 5.41) is 8.67. The lowest BCUT2D eigenvalue weighted by atomic mass is 10.00. The molecule has 1 atom stereocenters. The van der Waals surface area contributed by atoms with Crippen molar-refractivity contribution in [3.63, 3.8) is 0 Å². The lowest BCUT2D eigenvalue weighted by Gasteiger charge is -2.17. The van der Waals surface area contributed by atoms with E-state index < -0.39 is 0 Å². The van der Waals surface area contributed by atoms with Crippen LogP contribution in [-0.2, 0) is 4.79 Å². The predicted octanol–water partition coefficient (Wildman–Crippen LogP) is 5.20. The highest BCUT2D eigenvalue weighted by molar-refractivity contribution is 9.10. The van der Waals surface area contributed by atoms with Crippen molar-refractivity contribution in [1.82, 2.24) is 5.32 Å². The van der Waals surface area contributed by atoms with Crippen molar-refractivity contribution in [2.45, 2.75) is 19.9 Å². The number of benzene rings is 3. The number of fused-ring (bicyclic) bond motifs is 1. The van der Waals surface area contributed by atoms with Gasteiger partial charge < -0.3 is 10.6 Å². The van der Waals surface area contributed by atoms with E-state index in [4.69, 9.17) is 0 Å². The van der Waals surface area contributed by atoms with Crippen molar-refractivity contribution in [3.8, 4) is 0 Å². The summed E-state index contributed by atoms with van der Waals surface area (Å²) in [7, 11) is 0. The monoisotopic (exact) mass is 396 g/mol. The first kappa shape index (κ1) is 17.6. The van der Waals surface area contributed by atoms with Crippen molar-refractivity contribution in [2.24, 2.45) is 0 Å². The van der Waals surface area contributed by atoms with E-state index in [1.807, 2.05) is 37.3 Å². The molecule has 25 heavy (non-hydrogen) atoms. The Balaban J connectivity index is 1.65. The molecule has 0 aliphatic rings. The molecule has 0 saturated heterocycles. The van der Waals surface area contributed by atoms with Crippen LogP contribution in [0.1, 0.15) is 24.1 Å². The van der Waals surface area contributed by atoms with E-state index in [0.717, 1.165) is 15.7 Å². The molecule has 0 aliphatic carbocycles. The highest BCUT2D eigenvalue weighted by Gasteiger charge is 2.11. The fourth-order valence-electron chi connectivity index (χ4n) is 2.90. The average molecular weight is 397 g/mol. The van der Waals surface area contributed by atoms with Crippen LogP contribution in [0.3, 0.4) is 0 Å². The van der Waals surface area contributed by atoms with Gasteiger partial charge in [-0.3, -0.25) is 4.79 Å². The number of nitrogens with one attached hydrogen (secondary N) is 2. The molecule has 0 aromatic heterocycles. The minimum absolute atomic E-state index is 0.0587. The van der Waals surface area contributed by atoms with E-state index >= 15 is 0 Å². The highest BCUT2D eigenvalue weighted by atomic mass is 79.9. The number of anilines is 1. The first-order valence-corrected chi connectivity index (χ1v) is 9.11. The fraction of sp³-hybridized carbons (Fsp3) is 0.190. The summed E-state index contributed by atoms with van der Waals surface area (Å²) in [5.74, 6) is -0.0587. The molecule has 0 fully saturated rings. The number of halogens is 1. The molecule has 0 heterocycles. The van der Waals surface area contributed by atoms with Crippen molar-refractivity contribution in [2.75, 3.05) is 11.9 Å². The molecule has 2 N–H and O–H groups in total. The average Bonchev–Trinajstić information content (AvgIpc) is 2.61. The molecule has 128 valence electrons. The third kappa shape index (κ3) is 4.27. The number of hydrogen-bond acceptors (Lipinski definition) is 2. The number of hydrogen-bond donors (Lipinski definition) is 2. The van der Waals surface area contributed by atoms with Gasteiger partial charge in [-0.05, 0) is 63.8 Å². The van der Waals surface area contributed by atoms with Crippen LogP contribution in [0.25, 0.3) is 10.8 Å². The minimum Gasteiger partial charge on any atom is -0.324 e. The third-order valence-corrected chi connectivity index (χ3v) is 4.91. The Labute approximate surface area is 156 Å². The number of rotatable bonds is 5. The van der Waals surface area contributed by atoms with Crippen molar-refractivity contribution < 1.29 is 4.79 Å². The summed E-state index contributed by atoms with van der Waals surface area (Å²) in [5.41, 5.74) is 3.13. The van der Waals surface area contributed by atoms with E-state index in [2.05, 4.69) is 63.8 Å². The Hall–Kier alpha value is -2.17. The van der Waals surface area contributed by atoms with Crippen molar-refractivity contribution in [3.05, 3.63) is 76.3 Å². The van der Waals surface area contributed by atoms with Gasteiger partial charge in [0.15, 0.2) is 0 Å². The second-order valence-corrected chi connectivity index (χ2v) is 7.06. The van der Waals surface area contributed by atoms with Crippen LogP contribution < -0.4 is 10.6 Å². The molecular weight excluding hydrogens is 376 g/mol. The van der Waals surface area contributed by atoms with Crippen LogP contribution in [0.5, 0.6) is 0 Å². The summed E-state index contributed by atoms with van der Waals surface area (Å²) in [6.45, 7) is 4.35. The molecule has 3 aromatic carbocycles. The van der Waals surface area contributed by atoms with Gasteiger partial charge in [0.2, 0.25) is 5.91 Å². The molecule has 0 bridgehead atoms. The Morgan fingerprint density at radius 3 is 2.64 bits per heavy atom. The second kappa shape index (κ2) is 7.81. The molecule has 1 amide bonds. The van der Waals surface area contributed by atoms with Gasteiger partial charge in [0.05, 0.1) is 12.2 Å². The number of carbonyl (C=O) groups excluding carboxylic acids is 1. The smallest absolute Gasteiger partial charge is 0.238 e. The Morgan fingerprint density at radius 1 is 1.08 bits per heavy atom. The zero-order valence-electron chi connectivity index (χ0n) is 14.3. The van der Waals surface area contributed by atoms with Gasteiger partial charge in [0, 0.05) is 10.5 Å². The lowest BCUT2D eigenvalue weighted by molar-refractivity contribution is -0.115. The number of aryl methyl sites for hydroxylation is 1. The zero-order chi connectivity index (χ0) is 17.8. The predicted molar refractivity (Wildman–Crippen MR) is 108 cm³/mol. The maximum Gasteiger partial charge on any atom is 0.238 e. The minimum atomic E-state index is -0.0587. The SMILES string of the molecule is Cc1ccc(NC(=O)CN[C@H](C)c2cccc3ccccc23)c(Br)c1. The zero-order valence-corrected chi connectivity index (χ0v) is 15.9. The van der Waals surface area contributed by atoms with E-state index in [-0.39, 0.29) is 18.5 Å². The maximum absolute atomic E-state index is 12.3. The molecule has 3 aromatic rings. The van der Waals surface area contributed by atoms with Gasteiger partial charge in [-0.15, -0.1) is 0 Å². The van der Waals surface area contributed by atoms with E-state index in [1.165, 1.54) is 16.3 Å². The van der Waals surface area contributed by atoms with Crippen LogP contribution in [0, 0.1) is 6.92 Å². The van der Waals surface area contributed by atoms with Gasteiger partial charge in [0.25, 0.3) is 0 Å². The molecule has 0 aliphatic heterocycles. The summed E-state index contributed by atoms with van der Waals surface area (Å²) < 4.78 is 0.892. The van der Waals surface area contributed by atoms with Crippen LogP contribution in [0.15, 0.2) is 65.1 Å². The highest BCUT2D eigenvalue weighted by Crippen LogP contribution is 2.25. The summed E-state index contributed by atoms with van der Waals surface area (Å²) in [6, 6.07) is 20.5. The second-order valence-electron chi connectivity index (χ2n) is 6.20. The fourth-order valence-corrected chi connectivity index (χ4v) is 3.49. The summed E-state index contributed by atoms with van der Waals surface area (Å²) in [4.78, 5) is 12.3. The van der Waals surface area contributed by atoms with Crippen molar-refractivity contribution >= 4 is 38.3 Å². The quantitative estimate of drug-likeness (QED) is 0.621. The van der Waals surface area contributed by atoms with Gasteiger partial charge in [0.1, 0.15) is 0 Å². The molecule has 0 saturated carbocycles. The maximum atomic E-state index is 12.3. The standard InChI is InChI=1S/C21H21BrN2O/c1-14-10-11-20(19(22)12-14)24-21(25)13-23-15(2)17-9-5-7-16-6-3-4-8-18(16)17/h3-12,15,23H,13H2,1-2H3,(H,24,25)/t15-/m1/s1. The molecule has 0 unspecified atom stereocenters. The molecule has 3 rings (SSSR count).